The van der Waals surface area contributed by atoms with Crippen LogP contribution in [-0.4, -0.2) is 91.1 Å². The van der Waals surface area contributed by atoms with Gasteiger partial charge >= 0.3 is 17.9 Å². The van der Waals surface area contributed by atoms with Crippen molar-refractivity contribution < 1.29 is 52.8 Å². The second kappa shape index (κ2) is 13.3. The average Bonchev–Trinajstić information content (AvgIpc) is 3.04. The molecule has 0 amide bonds. The summed E-state index contributed by atoms with van der Waals surface area (Å²) in [6.07, 6.45) is -7.06. The number of esters is 3. The van der Waals surface area contributed by atoms with Gasteiger partial charge in [-0.3, -0.25) is 14.4 Å². The summed E-state index contributed by atoms with van der Waals surface area (Å²) in [5, 5.41) is 23.6. The molecule has 0 aromatic heterocycles. The predicted molar refractivity (Wildman–Crippen MR) is 181 cm³/mol. The van der Waals surface area contributed by atoms with Crippen molar-refractivity contribution in [1.82, 2.24) is 0 Å². The molecule has 270 valence electrons. The van der Waals surface area contributed by atoms with Crippen molar-refractivity contribution in [3.63, 3.8) is 0 Å². The first-order chi connectivity index (χ1) is 23.0. The van der Waals surface area contributed by atoms with Crippen LogP contribution in [0.3, 0.4) is 0 Å². The highest BCUT2D eigenvalue weighted by atomic mass is 28.4. The Morgan fingerprint density at radius 3 is 2.08 bits per heavy atom. The van der Waals surface area contributed by atoms with Gasteiger partial charge in [-0.25, -0.2) is 4.79 Å². The van der Waals surface area contributed by atoms with Crippen LogP contribution in [0.15, 0.2) is 41.5 Å². The fourth-order valence-electron chi connectivity index (χ4n) is 9.58. The zero-order valence-corrected chi connectivity index (χ0v) is 31.1. The van der Waals surface area contributed by atoms with E-state index in [0.717, 1.165) is 18.1 Å². The maximum absolute atomic E-state index is 15.6. The van der Waals surface area contributed by atoms with E-state index < -0.39 is 96.9 Å². The van der Waals surface area contributed by atoms with Crippen molar-refractivity contribution in [3.05, 3.63) is 47.0 Å². The fraction of sp³-hybridized carbons (Fsp3) is 0.676. The third kappa shape index (κ3) is 5.81. The number of carbonyl (C=O) groups excluding carboxylic acids is 4. The number of Topliss-reactive ketones (excluding diaryl/α,β-unsaturated/α-hetero) is 1. The first kappa shape index (κ1) is 37.4. The molecule has 2 bridgehead atoms. The Bertz CT molecular complexity index is 1490. The van der Waals surface area contributed by atoms with Gasteiger partial charge in [0.05, 0.1) is 35.7 Å². The number of fused-ring (bicyclic) bond motifs is 5. The van der Waals surface area contributed by atoms with Crippen molar-refractivity contribution in [2.75, 3.05) is 6.61 Å². The Kier molecular flexibility index (Phi) is 10.2. The first-order valence-corrected chi connectivity index (χ1v) is 20.0. The molecule has 0 spiro atoms. The molecule has 1 saturated heterocycles. The molecule has 4 aliphatic rings. The second-order valence-electron chi connectivity index (χ2n) is 15.1. The lowest BCUT2D eigenvalue weighted by Gasteiger charge is -2.67. The number of rotatable bonds is 9. The lowest BCUT2D eigenvalue weighted by atomic mass is 9.45. The number of aliphatic hydroxyl groups is 2. The van der Waals surface area contributed by atoms with Crippen molar-refractivity contribution in [3.8, 4) is 0 Å². The van der Waals surface area contributed by atoms with Crippen LogP contribution in [0, 0.1) is 22.7 Å². The summed E-state index contributed by atoms with van der Waals surface area (Å²) < 4.78 is 32.0. The molecular formula is C37H52O11Si. The van der Waals surface area contributed by atoms with Crippen LogP contribution in [0.2, 0.25) is 18.1 Å². The molecule has 2 N–H and O–H groups in total. The SMILES string of the molecule is CC[Si](CC)(CC)O[C@H]1C[C@H]2OC[C@@]2(OC(C)=O)[C@H]2[C@H](OC(=O)c3ccccc3)C3[C@@H](O)[C@H](O)C(C)=C([C@@H](OC(C)=O)C(=O)[C@]12C)C3(C)C. The number of aliphatic hydroxyl groups excluding tert-OH is 2. The lowest BCUT2D eigenvalue weighted by Crippen LogP contribution is -2.80. The minimum Gasteiger partial charge on any atom is -0.458 e. The van der Waals surface area contributed by atoms with Gasteiger partial charge in [0.15, 0.2) is 25.8 Å². The summed E-state index contributed by atoms with van der Waals surface area (Å²) in [6, 6.07) is 10.7. The van der Waals surface area contributed by atoms with Gasteiger partial charge in [-0.2, -0.15) is 0 Å². The van der Waals surface area contributed by atoms with E-state index in [9.17, 15) is 24.6 Å². The largest absolute Gasteiger partial charge is 0.458 e. The number of ketones is 1. The van der Waals surface area contributed by atoms with Crippen LogP contribution in [-0.2, 0) is 37.8 Å². The third-order valence-electron chi connectivity index (χ3n) is 12.3. The molecule has 1 aromatic carbocycles. The number of hydrogen-bond donors (Lipinski definition) is 2. The van der Waals surface area contributed by atoms with E-state index >= 15 is 4.79 Å². The van der Waals surface area contributed by atoms with Crippen LogP contribution in [0.4, 0.5) is 0 Å². The maximum Gasteiger partial charge on any atom is 0.338 e. The minimum absolute atomic E-state index is 0.0967. The highest BCUT2D eigenvalue weighted by Gasteiger charge is 2.77. The molecule has 1 aromatic rings. The van der Waals surface area contributed by atoms with Gasteiger partial charge < -0.3 is 33.6 Å². The predicted octanol–water partition coefficient (Wildman–Crippen LogP) is 4.54. The molecule has 1 aliphatic heterocycles. The van der Waals surface area contributed by atoms with E-state index in [4.69, 9.17) is 23.4 Å². The number of benzene rings is 1. The van der Waals surface area contributed by atoms with Gasteiger partial charge in [-0.05, 0) is 60.7 Å². The van der Waals surface area contributed by atoms with Crippen LogP contribution in [0.1, 0.15) is 79.1 Å². The molecule has 10 atom stereocenters. The van der Waals surface area contributed by atoms with Crippen LogP contribution < -0.4 is 0 Å². The van der Waals surface area contributed by atoms with Crippen molar-refractivity contribution in [1.29, 1.82) is 0 Å². The monoisotopic (exact) mass is 700 g/mol. The van der Waals surface area contributed by atoms with Gasteiger partial charge in [0.1, 0.15) is 18.3 Å². The maximum atomic E-state index is 15.6. The van der Waals surface area contributed by atoms with Gasteiger partial charge in [0, 0.05) is 26.2 Å². The quantitative estimate of drug-likeness (QED) is 0.162. The molecule has 3 fully saturated rings. The van der Waals surface area contributed by atoms with Gasteiger partial charge in [-0.15, -0.1) is 0 Å². The second-order valence-corrected chi connectivity index (χ2v) is 19.8. The highest BCUT2D eigenvalue weighted by molar-refractivity contribution is 6.73. The molecule has 11 nitrogen and oxygen atoms in total. The Morgan fingerprint density at radius 1 is 0.959 bits per heavy atom. The summed E-state index contributed by atoms with van der Waals surface area (Å²) >= 11 is 0. The summed E-state index contributed by atoms with van der Waals surface area (Å²) in [5.41, 5.74) is -3.36. The highest BCUT2D eigenvalue weighted by Crippen LogP contribution is 2.64. The van der Waals surface area contributed by atoms with E-state index in [-0.39, 0.29) is 18.6 Å². The zero-order chi connectivity index (χ0) is 36.3. The molecule has 5 rings (SSSR count). The van der Waals surface area contributed by atoms with Crippen LogP contribution in [0.25, 0.3) is 0 Å². The molecule has 3 aliphatic carbocycles. The third-order valence-corrected chi connectivity index (χ3v) is 17.0. The molecular weight excluding hydrogens is 648 g/mol. The minimum atomic E-state index is -2.46. The van der Waals surface area contributed by atoms with Crippen LogP contribution in [0.5, 0.6) is 0 Å². The zero-order valence-electron chi connectivity index (χ0n) is 30.1. The van der Waals surface area contributed by atoms with Crippen molar-refractivity contribution >= 4 is 32.0 Å². The molecule has 1 unspecified atom stereocenters. The van der Waals surface area contributed by atoms with E-state index in [1.54, 1.807) is 58.0 Å². The Balaban J connectivity index is 1.87. The molecule has 0 radical (unpaired) electrons. The first-order valence-electron chi connectivity index (χ1n) is 17.5. The molecule has 1 heterocycles. The molecule has 2 saturated carbocycles. The average molecular weight is 701 g/mol. The Morgan fingerprint density at radius 2 is 1.57 bits per heavy atom. The van der Waals surface area contributed by atoms with Gasteiger partial charge in [0.2, 0.25) is 0 Å². The summed E-state index contributed by atoms with van der Waals surface area (Å²) in [5.74, 6) is -4.73. The van der Waals surface area contributed by atoms with Gasteiger partial charge in [0.25, 0.3) is 0 Å². The fourth-order valence-corrected chi connectivity index (χ4v) is 12.5. The normalized spacial score (nSPS) is 36.7. The van der Waals surface area contributed by atoms with E-state index in [1.807, 2.05) is 0 Å². The lowest BCUT2D eigenvalue weighted by molar-refractivity contribution is -0.336. The summed E-state index contributed by atoms with van der Waals surface area (Å²) in [6.45, 7) is 15.6. The Labute approximate surface area is 289 Å². The van der Waals surface area contributed by atoms with E-state index in [1.165, 1.54) is 13.8 Å². The smallest absolute Gasteiger partial charge is 0.338 e. The Hall–Kier alpha value is -2.90. The van der Waals surface area contributed by atoms with Crippen molar-refractivity contribution in [2.45, 2.75) is 129 Å². The topological polar surface area (TPSA) is 155 Å². The molecule has 12 heteroatoms. The van der Waals surface area contributed by atoms with Crippen molar-refractivity contribution in [2.24, 2.45) is 22.7 Å². The number of ether oxygens (including phenoxy) is 4. The van der Waals surface area contributed by atoms with E-state index in [2.05, 4.69) is 20.8 Å². The summed E-state index contributed by atoms with van der Waals surface area (Å²) in [7, 11) is -2.46. The van der Waals surface area contributed by atoms with E-state index in [0.29, 0.717) is 11.1 Å². The number of hydrogen-bond acceptors (Lipinski definition) is 11. The standard InChI is InChI=1S/C37H52O11Si/c1-10-49(11-2,12-3)48-24-18-25-37(19-44-25,47-22(6)39)32-30(46-34(43)23-16-14-13-15-17-23)27-29(41)28(40)20(4)26(35(27,7)8)31(45-21(5)38)33(42)36(24,32)9/h13-17,24-25,27-32,40-41H,10-12,18-19H2,1-9H3/t24-,25+,27?,28+,29+,30+,31+,32-,36+,37-/m0/s1. The van der Waals surface area contributed by atoms with Crippen LogP contribution >= 0.6 is 0 Å². The van der Waals surface area contributed by atoms with Gasteiger partial charge in [-0.1, -0.05) is 52.8 Å². The molecule has 49 heavy (non-hydrogen) atoms. The number of carbonyl (C=O) groups is 4. The summed E-state index contributed by atoms with van der Waals surface area (Å²) in [4.78, 5) is 55.5.